The predicted molar refractivity (Wildman–Crippen MR) is 172 cm³/mol. The zero-order valence-electron chi connectivity index (χ0n) is 23.6. The molecule has 0 radical (unpaired) electrons. The second-order valence-electron chi connectivity index (χ2n) is 10.6. The van der Waals surface area contributed by atoms with E-state index >= 15 is 0 Å². The van der Waals surface area contributed by atoms with Crippen LogP contribution in [0.3, 0.4) is 0 Å². The van der Waals surface area contributed by atoms with Gasteiger partial charge in [0.25, 0.3) is 5.91 Å². The molecule has 0 unspecified atom stereocenters. The average molecular weight is 597 g/mol. The summed E-state index contributed by atoms with van der Waals surface area (Å²) in [6, 6.07) is 26.3. The Hall–Kier alpha value is -3.81. The number of aromatic nitrogens is 2. The number of para-hydroxylation sites is 1. The van der Waals surface area contributed by atoms with Crippen LogP contribution in [0, 0.1) is 5.92 Å². The molecule has 3 heterocycles. The summed E-state index contributed by atoms with van der Waals surface area (Å²) < 4.78 is 7.61. The smallest absolute Gasteiger partial charge is 0.286 e. The number of benzene rings is 3. The summed E-state index contributed by atoms with van der Waals surface area (Å²) in [4.78, 5) is 20.4. The van der Waals surface area contributed by atoms with Gasteiger partial charge >= 0.3 is 0 Å². The van der Waals surface area contributed by atoms with Crippen LogP contribution in [0.4, 0.5) is 0 Å². The lowest BCUT2D eigenvalue weighted by molar-refractivity contribution is -0.113. The lowest BCUT2D eigenvalue weighted by Crippen LogP contribution is -2.37. The predicted octanol–water partition coefficient (Wildman–Crippen LogP) is 7.91. The summed E-state index contributed by atoms with van der Waals surface area (Å²) in [7, 11) is 0. The third-order valence-electron chi connectivity index (χ3n) is 7.58. The van der Waals surface area contributed by atoms with Crippen LogP contribution >= 0.6 is 23.4 Å². The van der Waals surface area contributed by atoms with Crippen molar-refractivity contribution >= 4 is 40.5 Å². The molecule has 0 saturated carbocycles. The van der Waals surface area contributed by atoms with E-state index in [-0.39, 0.29) is 5.91 Å². The van der Waals surface area contributed by atoms with E-state index in [1.807, 2.05) is 65.5 Å². The Kier molecular flexibility index (Phi) is 8.77. The largest absolute Gasteiger partial charge is 0.492 e. The van der Waals surface area contributed by atoms with E-state index in [0.29, 0.717) is 28.2 Å². The number of carbonyl (C=O) groups excluding carboxylic acids is 1. The standard InChI is InChI=1S/C34H33ClN4O2S/c1-2-19-41-30-14-13-26(21-29(30)35)32-27(23-39(37-32)28-11-7-4-8-12-28)22-31-33(40)36-34(42-31)38-17-15-25(16-18-38)20-24-9-5-3-6-10-24/h3-14,21-23,25H,2,15-20H2,1H3. The first kappa shape index (κ1) is 28.3. The molecule has 6 nitrogen and oxygen atoms in total. The van der Waals surface area contributed by atoms with Crippen molar-refractivity contribution in [2.75, 3.05) is 19.7 Å². The molecule has 1 fully saturated rings. The molecule has 6 rings (SSSR count). The molecular formula is C34H33ClN4O2S. The normalized spacial score (nSPS) is 16.7. The highest BCUT2D eigenvalue weighted by Crippen LogP contribution is 2.36. The number of likely N-dealkylation sites (tertiary alicyclic amines) is 1. The molecule has 0 N–H and O–H groups in total. The molecule has 1 aromatic heterocycles. The quantitative estimate of drug-likeness (QED) is 0.193. The molecule has 0 bridgehead atoms. The van der Waals surface area contributed by atoms with Gasteiger partial charge in [0.2, 0.25) is 0 Å². The fourth-order valence-corrected chi connectivity index (χ4v) is 6.55. The van der Waals surface area contributed by atoms with Crippen molar-refractivity contribution < 1.29 is 9.53 Å². The Bertz CT molecular complexity index is 1610. The van der Waals surface area contributed by atoms with Crippen molar-refractivity contribution in [1.82, 2.24) is 14.7 Å². The fraction of sp³-hybridized carbons (Fsp3) is 0.265. The van der Waals surface area contributed by atoms with Crippen LogP contribution in [0.1, 0.15) is 37.3 Å². The topological polar surface area (TPSA) is 59.7 Å². The van der Waals surface area contributed by atoms with Crippen LogP contribution in [0.25, 0.3) is 23.0 Å². The van der Waals surface area contributed by atoms with Gasteiger partial charge in [-0.3, -0.25) is 4.79 Å². The van der Waals surface area contributed by atoms with E-state index in [4.69, 9.17) is 21.4 Å². The van der Waals surface area contributed by atoms with Gasteiger partial charge in [0.15, 0.2) is 5.17 Å². The molecule has 0 aliphatic carbocycles. The molecular weight excluding hydrogens is 564 g/mol. The monoisotopic (exact) mass is 596 g/mol. The van der Waals surface area contributed by atoms with Crippen molar-refractivity contribution in [1.29, 1.82) is 0 Å². The van der Waals surface area contributed by atoms with Crippen LogP contribution in [0.5, 0.6) is 5.75 Å². The van der Waals surface area contributed by atoms with Gasteiger partial charge in [-0.1, -0.05) is 67.1 Å². The minimum Gasteiger partial charge on any atom is -0.492 e. The molecule has 42 heavy (non-hydrogen) atoms. The Morgan fingerprint density at radius 2 is 1.76 bits per heavy atom. The second-order valence-corrected chi connectivity index (χ2v) is 12.1. The van der Waals surface area contributed by atoms with E-state index < -0.39 is 0 Å². The molecule has 2 aliphatic rings. The van der Waals surface area contributed by atoms with Crippen molar-refractivity contribution in [3.63, 3.8) is 0 Å². The molecule has 4 aromatic rings. The Morgan fingerprint density at radius 1 is 1.02 bits per heavy atom. The number of piperidine rings is 1. The number of nitrogens with zero attached hydrogens (tertiary/aromatic N) is 4. The maximum atomic E-state index is 13.1. The number of hydrogen-bond acceptors (Lipinski definition) is 5. The van der Waals surface area contributed by atoms with E-state index in [0.717, 1.165) is 66.4 Å². The zero-order chi connectivity index (χ0) is 28.9. The summed E-state index contributed by atoms with van der Waals surface area (Å²) >= 11 is 8.04. The number of hydrogen-bond donors (Lipinski definition) is 0. The van der Waals surface area contributed by atoms with Crippen LogP contribution in [-0.2, 0) is 11.2 Å². The summed E-state index contributed by atoms with van der Waals surface area (Å²) in [6.45, 7) is 4.48. The number of thioether (sulfide) groups is 1. The SMILES string of the molecule is CCCOc1ccc(-c2nn(-c3ccccc3)cc2C=C2SC(N3CCC(Cc4ccccc4)CC3)=NC2=O)cc1Cl. The van der Waals surface area contributed by atoms with Crippen LogP contribution < -0.4 is 4.74 Å². The molecule has 8 heteroatoms. The maximum Gasteiger partial charge on any atom is 0.286 e. The second kappa shape index (κ2) is 13.0. The lowest BCUT2D eigenvalue weighted by atomic mass is 9.90. The molecule has 0 spiro atoms. The average Bonchev–Trinajstić information content (AvgIpc) is 3.61. The minimum atomic E-state index is -0.207. The van der Waals surface area contributed by atoms with Crippen molar-refractivity contribution in [3.8, 4) is 22.7 Å². The fourth-order valence-electron chi connectivity index (χ4n) is 5.36. The molecule has 2 aliphatic heterocycles. The number of carbonyl (C=O) groups is 1. The first-order valence-corrected chi connectivity index (χ1v) is 15.7. The number of amides is 1. The maximum absolute atomic E-state index is 13.1. The molecule has 1 amide bonds. The number of ether oxygens (including phenoxy) is 1. The van der Waals surface area contributed by atoms with Crippen LogP contribution in [0.15, 0.2) is 95.0 Å². The van der Waals surface area contributed by atoms with Gasteiger partial charge in [0.1, 0.15) is 11.4 Å². The minimum absolute atomic E-state index is 0.207. The van der Waals surface area contributed by atoms with Crippen molar-refractivity contribution in [3.05, 3.63) is 106 Å². The Labute approximate surface area is 256 Å². The number of aliphatic imine (C=N–C) groups is 1. The summed E-state index contributed by atoms with van der Waals surface area (Å²) in [5.41, 5.74) is 4.73. The van der Waals surface area contributed by atoms with Gasteiger partial charge in [0.05, 0.1) is 22.2 Å². The van der Waals surface area contributed by atoms with Gasteiger partial charge in [-0.25, -0.2) is 4.68 Å². The highest BCUT2D eigenvalue weighted by molar-refractivity contribution is 8.18. The third-order valence-corrected chi connectivity index (χ3v) is 8.92. The van der Waals surface area contributed by atoms with Gasteiger partial charge in [0, 0.05) is 30.4 Å². The van der Waals surface area contributed by atoms with Crippen LogP contribution in [-0.4, -0.2) is 45.5 Å². The van der Waals surface area contributed by atoms with E-state index in [2.05, 4.69) is 47.1 Å². The van der Waals surface area contributed by atoms with Gasteiger partial charge < -0.3 is 9.64 Å². The van der Waals surface area contributed by atoms with Gasteiger partial charge in [-0.05, 0) is 85.3 Å². The first-order valence-electron chi connectivity index (χ1n) is 14.5. The number of amidine groups is 1. The van der Waals surface area contributed by atoms with Gasteiger partial charge in [-0.15, -0.1) is 0 Å². The Balaban J connectivity index is 1.22. The molecule has 3 aromatic carbocycles. The van der Waals surface area contributed by atoms with Crippen molar-refractivity contribution in [2.24, 2.45) is 10.9 Å². The number of rotatable bonds is 8. The lowest BCUT2D eigenvalue weighted by Gasteiger charge is -2.32. The summed E-state index contributed by atoms with van der Waals surface area (Å²) in [6.07, 6.45) is 8.04. The van der Waals surface area contributed by atoms with Crippen molar-refractivity contribution in [2.45, 2.75) is 32.6 Å². The van der Waals surface area contributed by atoms with Gasteiger partial charge in [-0.2, -0.15) is 10.1 Å². The highest BCUT2D eigenvalue weighted by Gasteiger charge is 2.29. The third kappa shape index (κ3) is 6.48. The Morgan fingerprint density at radius 3 is 2.48 bits per heavy atom. The highest BCUT2D eigenvalue weighted by atomic mass is 35.5. The number of halogens is 1. The van der Waals surface area contributed by atoms with Crippen LogP contribution in [0.2, 0.25) is 5.02 Å². The van der Waals surface area contributed by atoms with E-state index in [1.54, 1.807) is 0 Å². The molecule has 214 valence electrons. The molecule has 1 saturated heterocycles. The van der Waals surface area contributed by atoms with E-state index in [9.17, 15) is 4.79 Å². The van der Waals surface area contributed by atoms with E-state index in [1.165, 1.54) is 17.3 Å². The summed E-state index contributed by atoms with van der Waals surface area (Å²) in [5.74, 6) is 1.09. The first-order chi connectivity index (χ1) is 20.6. The summed E-state index contributed by atoms with van der Waals surface area (Å²) in [5, 5.41) is 6.23. The zero-order valence-corrected chi connectivity index (χ0v) is 25.2. The molecule has 0 atom stereocenters.